The van der Waals surface area contributed by atoms with E-state index in [0.29, 0.717) is 12.1 Å². The van der Waals surface area contributed by atoms with Gasteiger partial charge in [0, 0.05) is 29.2 Å². The minimum Gasteiger partial charge on any atom is -0.478 e. The lowest BCUT2D eigenvalue weighted by Crippen LogP contribution is -2.00. The van der Waals surface area contributed by atoms with Crippen molar-refractivity contribution >= 4 is 23.2 Å². The minimum atomic E-state index is -0.927. The second kappa shape index (κ2) is 5.25. The van der Waals surface area contributed by atoms with Crippen molar-refractivity contribution in [3.05, 3.63) is 71.4 Å². The zero-order valence-electron chi connectivity index (χ0n) is 11.2. The number of hydrogen-bond donors (Lipinski definition) is 1. The minimum absolute atomic E-state index is 0.277. The van der Waals surface area contributed by atoms with Gasteiger partial charge in [-0.05, 0) is 29.8 Å². The average Bonchev–Trinajstić information content (AvgIpc) is 2.91. The number of fused-ring (bicyclic) bond motifs is 1. The number of benzene rings is 2. The SMILES string of the molecule is O=Cc1cccc2c1ccn2Cc1ccc(C(=O)O)cc1. The van der Waals surface area contributed by atoms with Crippen molar-refractivity contribution in [3.63, 3.8) is 0 Å². The Morgan fingerprint density at radius 1 is 1.10 bits per heavy atom. The fourth-order valence-electron chi connectivity index (χ4n) is 2.44. The summed E-state index contributed by atoms with van der Waals surface area (Å²) in [6.45, 7) is 0.631. The van der Waals surface area contributed by atoms with Crippen LogP contribution in [0.5, 0.6) is 0 Å². The molecule has 104 valence electrons. The highest BCUT2D eigenvalue weighted by molar-refractivity contribution is 5.97. The Hall–Kier alpha value is -2.88. The van der Waals surface area contributed by atoms with Gasteiger partial charge in [-0.2, -0.15) is 0 Å². The maximum Gasteiger partial charge on any atom is 0.335 e. The predicted octanol–water partition coefficient (Wildman–Crippen LogP) is 3.20. The Kier molecular flexibility index (Phi) is 3.28. The second-order valence-electron chi connectivity index (χ2n) is 4.84. The lowest BCUT2D eigenvalue weighted by Gasteiger charge is -2.06. The summed E-state index contributed by atoms with van der Waals surface area (Å²) in [5, 5.41) is 9.82. The number of aromatic nitrogens is 1. The molecule has 0 aliphatic carbocycles. The number of aldehydes is 1. The molecule has 0 saturated heterocycles. The van der Waals surface area contributed by atoms with E-state index in [1.807, 2.05) is 29.0 Å². The van der Waals surface area contributed by atoms with Crippen molar-refractivity contribution in [2.75, 3.05) is 0 Å². The largest absolute Gasteiger partial charge is 0.478 e. The van der Waals surface area contributed by atoms with E-state index in [4.69, 9.17) is 5.11 Å². The van der Waals surface area contributed by atoms with E-state index in [1.165, 1.54) is 0 Å². The summed E-state index contributed by atoms with van der Waals surface area (Å²) in [5.41, 5.74) is 2.95. The average molecular weight is 279 g/mol. The van der Waals surface area contributed by atoms with Gasteiger partial charge in [-0.1, -0.05) is 24.3 Å². The molecule has 4 heteroatoms. The molecule has 1 aromatic heterocycles. The molecule has 1 N–H and O–H groups in total. The van der Waals surface area contributed by atoms with Crippen molar-refractivity contribution in [2.45, 2.75) is 6.54 Å². The van der Waals surface area contributed by atoms with Crippen molar-refractivity contribution in [3.8, 4) is 0 Å². The van der Waals surface area contributed by atoms with Gasteiger partial charge in [0.25, 0.3) is 0 Å². The lowest BCUT2D eigenvalue weighted by molar-refractivity contribution is 0.0696. The Bertz CT molecular complexity index is 816. The molecule has 0 spiro atoms. The van der Waals surface area contributed by atoms with Crippen molar-refractivity contribution < 1.29 is 14.7 Å². The molecule has 4 nitrogen and oxygen atoms in total. The smallest absolute Gasteiger partial charge is 0.335 e. The van der Waals surface area contributed by atoms with Crippen LogP contribution in [0.25, 0.3) is 10.9 Å². The zero-order chi connectivity index (χ0) is 14.8. The molecule has 0 radical (unpaired) electrons. The number of rotatable bonds is 4. The van der Waals surface area contributed by atoms with Gasteiger partial charge in [0.2, 0.25) is 0 Å². The first-order valence-corrected chi connectivity index (χ1v) is 6.54. The number of carboxylic acid groups (broad SMARTS) is 1. The van der Waals surface area contributed by atoms with E-state index in [1.54, 1.807) is 30.3 Å². The maximum atomic E-state index is 11.0. The molecule has 0 saturated carbocycles. The normalized spacial score (nSPS) is 10.7. The summed E-state index contributed by atoms with van der Waals surface area (Å²) in [6, 6.07) is 14.3. The maximum absolute atomic E-state index is 11.0. The molecule has 0 aliphatic rings. The highest BCUT2D eigenvalue weighted by atomic mass is 16.4. The molecule has 0 amide bonds. The van der Waals surface area contributed by atoms with Crippen LogP contribution in [0.4, 0.5) is 0 Å². The molecule has 2 aromatic carbocycles. The van der Waals surface area contributed by atoms with Crippen molar-refractivity contribution in [1.82, 2.24) is 4.57 Å². The summed E-state index contributed by atoms with van der Waals surface area (Å²) < 4.78 is 2.04. The molecule has 3 aromatic rings. The zero-order valence-corrected chi connectivity index (χ0v) is 11.2. The van der Waals surface area contributed by atoms with Crippen LogP contribution in [-0.2, 0) is 6.54 Å². The van der Waals surface area contributed by atoms with E-state index in [0.717, 1.165) is 22.8 Å². The fourth-order valence-corrected chi connectivity index (χ4v) is 2.44. The summed E-state index contributed by atoms with van der Waals surface area (Å²) in [7, 11) is 0. The van der Waals surface area contributed by atoms with Gasteiger partial charge in [-0.15, -0.1) is 0 Å². The second-order valence-corrected chi connectivity index (χ2v) is 4.84. The molecule has 21 heavy (non-hydrogen) atoms. The fraction of sp³-hybridized carbons (Fsp3) is 0.0588. The first kappa shape index (κ1) is 13.1. The third-order valence-electron chi connectivity index (χ3n) is 3.53. The van der Waals surface area contributed by atoms with Crippen LogP contribution >= 0.6 is 0 Å². The van der Waals surface area contributed by atoms with Crippen LogP contribution in [0.2, 0.25) is 0 Å². The van der Waals surface area contributed by atoms with E-state index < -0.39 is 5.97 Å². The molecule has 0 aliphatic heterocycles. The standard InChI is InChI=1S/C17H13NO3/c19-11-14-2-1-3-16-15(14)8-9-18(16)10-12-4-6-13(7-5-12)17(20)21/h1-9,11H,10H2,(H,20,21). The molecule has 3 rings (SSSR count). The first-order valence-electron chi connectivity index (χ1n) is 6.54. The van der Waals surface area contributed by atoms with Crippen LogP contribution in [-0.4, -0.2) is 21.9 Å². The molecule has 1 heterocycles. The topological polar surface area (TPSA) is 59.3 Å². The third kappa shape index (κ3) is 2.43. The van der Waals surface area contributed by atoms with Crippen molar-refractivity contribution in [2.24, 2.45) is 0 Å². The Morgan fingerprint density at radius 2 is 1.86 bits per heavy atom. The Balaban J connectivity index is 1.95. The van der Waals surface area contributed by atoms with Gasteiger partial charge in [0.05, 0.1) is 5.56 Å². The van der Waals surface area contributed by atoms with E-state index >= 15 is 0 Å². The monoisotopic (exact) mass is 279 g/mol. The quantitative estimate of drug-likeness (QED) is 0.746. The summed E-state index contributed by atoms with van der Waals surface area (Å²) in [5.74, 6) is -0.927. The van der Waals surface area contributed by atoms with Crippen LogP contribution in [0, 0.1) is 0 Å². The number of carbonyl (C=O) groups excluding carboxylic acids is 1. The summed E-state index contributed by atoms with van der Waals surface area (Å²) in [6.07, 6.45) is 2.79. The van der Waals surface area contributed by atoms with Crippen LogP contribution < -0.4 is 0 Å². The first-order chi connectivity index (χ1) is 10.2. The third-order valence-corrected chi connectivity index (χ3v) is 3.53. The summed E-state index contributed by atoms with van der Waals surface area (Å²) >= 11 is 0. The van der Waals surface area contributed by atoms with Crippen LogP contribution in [0.15, 0.2) is 54.7 Å². The Morgan fingerprint density at radius 3 is 2.52 bits per heavy atom. The lowest BCUT2D eigenvalue weighted by atomic mass is 10.1. The predicted molar refractivity (Wildman–Crippen MR) is 79.8 cm³/mol. The molecule has 0 bridgehead atoms. The van der Waals surface area contributed by atoms with Gasteiger partial charge in [0.1, 0.15) is 0 Å². The van der Waals surface area contributed by atoms with Gasteiger partial charge in [-0.3, -0.25) is 4.79 Å². The molecule has 0 fully saturated rings. The highest BCUT2D eigenvalue weighted by Gasteiger charge is 2.06. The van der Waals surface area contributed by atoms with Crippen LogP contribution in [0.3, 0.4) is 0 Å². The van der Waals surface area contributed by atoms with Gasteiger partial charge in [-0.25, -0.2) is 4.79 Å². The Labute approximate surface area is 121 Å². The summed E-state index contributed by atoms with van der Waals surface area (Å²) in [4.78, 5) is 21.9. The van der Waals surface area contributed by atoms with Gasteiger partial charge < -0.3 is 9.67 Å². The molecule has 0 atom stereocenters. The van der Waals surface area contributed by atoms with Gasteiger partial charge in [0.15, 0.2) is 6.29 Å². The van der Waals surface area contributed by atoms with E-state index in [2.05, 4.69) is 0 Å². The van der Waals surface area contributed by atoms with E-state index in [9.17, 15) is 9.59 Å². The van der Waals surface area contributed by atoms with Gasteiger partial charge >= 0.3 is 5.97 Å². The van der Waals surface area contributed by atoms with Crippen molar-refractivity contribution in [1.29, 1.82) is 0 Å². The molecule has 0 unspecified atom stereocenters. The molecular formula is C17H13NO3. The number of nitrogens with zero attached hydrogens (tertiary/aromatic N) is 1. The number of aromatic carboxylic acids is 1. The van der Waals surface area contributed by atoms with E-state index in [-0.39, 0.29) is 5.56 Å². The highest BCUT2D eigenvalue weighted by Crippen LogP contribution is 2.20. The molecular weight excluding hydrogens is 266 g/mol. The van der Waals surface area contributed by atoms with Crippen LogP contribution in [0.1, 0.15) is 26.3 Å². The number of hydrogen-bond acceptors (Lipinski definition) is 2. The number of carboxylic acids is 1. The number of carbonyl (C=O) groups is 2.